The lowest BCUT2D eigenvalue weighted by atomic mass is 10.0. The standard InChI is InChI=1S/C24H26FN3O4/c1-31-22-5-4-15(11-20(22)25)21(14-29)28-24(30)16-2-3-17-13-26-23(12-18(17)10-16)27-19-6-8-32-9-7-19/h2-5,10-13,19,21,29H,6-9,14H2,1H3,(H,26,27)(H,28,30)/t21-/m1/s1. The van der Waals surface area contributed by atoms with Gasteiger partial charge in [-0.2, -0.15) is 0 Å². The van der Waals surface area contributed by atoms with Crippen molar-refractivity contribution < 1.29 is 23.8 Å². The van der Waals surface area contributed by atoms with Crippen molar-refractivity contribution >= 4 is 22.5 Å². The maximum absolute atomic E-state index is 14.0. The molecule has 0 saturated carbocycles. The summed E-state index contributed by atoms with van der Waals surface area (Å²) in [4.78, 5) is 17.3. The molecular formula is C24H26FN3O4. The van der Waals surface area contributed by atoms with Gasteiger partial charge in [-0.1, -0.05) is 12.1 Å². The Kier molecular flexibility index (Phi) is 6.82. The largest absolute Gasteiger partial charge is 0.494 e. The third kappa shape index (κ3) is 4.98. The van der Waals surface area contributed by atoms with Gasteiger partial charge in [0.05, 0.1) is 19.8 Å². The van der Waals surface area contributed by atoms with Crippen LogP contribution in [-0.4, -0.2) is 49.0 Å². The van der Waals surface area contributed by atoms with Gasteiger partial charge in [-0.25, -0.2) is 9.37 Å². The summed E-state index contributed by atoms with van der Waals surface area (Å²) < 4.78 is 24.4. The van der Waals surface area contributed by atoms with Gasteiger partial charge in [-0.05, 0) is 54.1 Å². The van der Waals surface area contributed by atoms with Gasteiger partial charge in [0.25, 0.3) is 5.91 Å². The lowest BCUT2D eigenvalue weighted by molar-refractivity contribution is 0.0903. The van der Waals surface area contributed by atoms with E-state index in [4.69, 9.17) is 9.47 Å². The van der Waals surface area contributed by atoms with Crippen LogP contribution in [0.5, 0.6) is 5.75 Å². The van der Waals surface area contributed by atoms with Crippen molar-refractivity contribution in [2.45, 2.75) is 24.9 Å². The Bertz CT molecular complexity index is 1100. The fourth-order valence-electron chi connectivity index (χ4n) is 3.79. The number of pyridine rings is 1. The molecule has 3 aromatic rings. The van der Waals surface area contributed by atoms with Crippen molar-refractivity contribution in [1.29, 1.82) is 0 Å². The first kappa shape index (κ1) is 22.0. The fourth-order valence-corrected chi connectivity index (χ4v) is 3.79. The van der Waals surface area contributed by atoms with E-state index in [0.29, 0.717) is 17.2 Å². The van der Waals surface area contributed by atoms with Crippen LogP contribution in [0.2, 0.25) is 0 Å². The zero-order chi connectivity index (χ0) is 22.5. The van der Waals surface area contributed by atoms with Crippen LogP contribution in [0.3, 0.4) is 0 Å². The molecule has 0 bridgehead atoms. The third-order valence-corrected chi connectivity index (χ3v) is 5.62. The maximum Gasteiger partial charge on any atom is 0.251 e. The van der Waals surface area contributed by atoms with Crippen LogP contribution in [0.25, 0.3) is 10.8 Å². The molecule has 2 aromatic carbocycles. The average Bonchev–Trinajstić information content (AvgIpc) is 2.82. The number of methoxy groups -OCH3 is 1. The number of aromatic nitrogens is 1. The molecule has 0 unspecified atom stereocenters. The molecular weight excluding hydrogens is 413 g/mol. The molecule has 1 aliphatic rings. The van der Waals surface area contributed by atoms with E-state index in [2.05, 4.69) is 15.6 Å². The van der Waals surface area contributed by atoms with E-state index in [1.807, 2.05) is 12.1 Å². The normalized spacial score (nSPS) is 15.3. The second-order valence-corrected chi connectivity index (χ2v) is 7.77. The van der Waals surface area contributed by atoms with E-state index in [9.17, 15) is 14.3 Å². The minimum Gasteiger partial charge on any atom is -0.494 e. The summed E-state index contributed by atoms with van der Waals surface area (Å²) in [5.74, 6) is -0.0626. The Labute approximate surface area is 185 Å². The molecule has 3 N–H and O–H groups in total. The summed E-state index contributed by atoms with van der Waals surface area (Å²) in [5, 5.41) is 17.7. The number of hydrogen-bond acceptors (Lipinski definition) is 6. The number of anilines is 1. The summed E-state index contributed by atoms with van der Waals surface area (Å²) in [6, 6.07) is 11.1. The highest BCUT2D eigenvalue weighted by atomic mass is 19.1. The predicted octanol–water partition coefficient (Wildman–Crippen LogP) is 3.44. The summed E-state index contributed by atoms with van der Waals surface area (Å²) in [5.41, 5.74) is 0.889. The first-order valence-corrected chi connectivity index (χ1v) is 10.6. The van der Waals surface area contributed by atoms with E-state index in [0.717, 1.165) is 42.6 Å². The molecule has 1 aliphatic heterocycles. The summed E-state index contributed by atoms with van der Waals surface area (Å²) >= 11 is 0. The number of fused-ring (bicyclic) bond motifs is 1. The quantitative estimate of drug-likeness (QED) is 0.522. The number of ether oxygens (including phenoxy) is 2. The van der Waals surface area contributed by atoms with Crippen LogP contribution in [-0.2, 0) is 4.74 Å². The zero-order valence-corrected chi connectivity index (χ0v) is 17.8. The van der Waals surface area contributed by atoms with E-state index < -0.39 is 11.9 Å². The second-order valence-electron chi connectivity index (χ2n) is 7.77. The molecule has 1 amide bonds. The SMILES string of the molecule is COc1ccc([C@@H](CO)NC(=O)c2ccc3cnc(NC4CCOCC4)cc3c2)cc1F. The van der Waals surface area contributed by atoms with Crippen LogP contribution in [0.1, 0.15) is 34.8 Å². The molecule has 168 valence electrons. The topological polar surface area (TPSA) is 92.7 Å². The molecule has 7 nitrogen and oxygen atoms in total. The van der Waals surface area contributed by atoms with Gasteiger partial charge in [-0.3, -0.25) is 4.79 Å². The number of halogens is 1. The number of aliphatic hydroxyl groups excluding tert-OH is 1. The van der Waals surface area contributed by atoms with Crippen LogP contribution < -0.4 is 15.4 Å². The highest BCUT2D eigenvalue weighted by molar-refractivity contribution is 5.99. The minimum absolute atomic E-state index is 0.102. The van der Waals surface area contributed by atoms with Crippen LogP contribution >= 0.6 is 0 Å². The highest BCUT2D eigenvalue weighted by Gasteiger charge is 2.18. The minimum atomic E-state index is -0.748. The molecule has 2 heterocycles. The molecule has 8 heteroatoms. The van der Waals surface area contributed by atoms with Crippen molar-refractivity contribution in [3.63, 3.8) is 0 Å². The number of benzene rings is 2. The fraction of sp³-hybridized carbons (Fsp3) is 0.333. The molecule has 32 heavy (non-hydrogen) atoms. The molecule has 1 atom stereocenters. The van der Waals surface area contributed by atoms with Gasteiger partial charge in [0.1, 0.15) is 5.82 Å². The van der Waals surface area contributed by atoms with E-state index >= 15 is 0 Å². The Hall–Kier alpha value is -3.23. The molecule has 1 aromatic heterocycles. The zero-order valence-electron chi connectivity index (χ0n) is 17.8. The van der Waals surface area contributed by atoms with Crippen LogP contribution in [0.4, 0.5) is 10.2 Å². The number of nitrogens with one attached hydrogen (secondary N) is 2. The number of rotatable bonds is 7. The summed E-state index contributed by atoms with van der Waals surface area (Å²) in [7, 11) is 1.38. The first-order chi connectivity index (χ1) is 15.6. The third-order valence-electron chi connectivity index (χ3n) is 5.62. The van der Waals surface area contributed by atoms with Crippen molar-refractivity contribution in [2.75, 3.05) is 32.2 Å². The lowest BCUT2D eigenvalue weighted by Crippen LogP contribution is -2.30. The Balaban J connectivity index is 1.51. The highest BCUT2D eigenvalue weighted by Crippen LogP contribution is 2.24. The van der Waals surface area contributed by atoms with Crippen LogP contribution in [0, 0.1) is 5.82 Å². The van der Waals surface area contributed by atoms with Crippen molar-refractivity contribution in [3.05, 3.63) is 65.6 Å². The number of carbonyl (C=O) groups excluding carboxylic acids is 1. The molecule has 1 saturated heterocycles. The van der Waals surface area contributed by atoms with E-state index in [1.165, 1.54) is 19.2 Å². The number of amides is 1. The van der Waals surface area contributed by atoms with Gasteiger partial charge in [0.15, 0.2) is 11.6 Å². The van der Waals surface area contributed by atoms with Gasteiger partial charge >= 0.3 is 0 Å². The molecule has 4 rings (SSSR count). The first-order valence-electron chi connectivity index (χ1n) is 10.6. The van der Waals surface area contributed by atoms with E-state index in [-0.39, 0.29) is 18.3 Å². The number of carbonyl (C=O) groups is 1. The Morgan fingerprint density at radius 2 is 2.03 bits per heavy atom. The molecule has 0 spiro atoms. The lowest BCUT2D eigenvalue weighted by Gasteiger charge is -2.23. The van der Waals surface area contributed by atoms with Gasteiger partial charge in [0, 0.05) is 36.4 Å². The number of nitrogens with zero attached hydrogens (tertiary/aromatic N) is 1. The Morgan fingerprint density at radius 3 is 2.75 bits per heavy atom. The molecule has 0 radical (unpaired) electrons. The molecule has 0 aliphatic carbocycles. The summed E-state index contributed by atoms with van der Waals surface area (Å²) in [6.07, 6.45) is 3.63. The Morgan fingerprint density at radius 1 is 1.22 bits per heavy atom. The molecule has 1 fully saturated rings. The van der Waals surface area contributed by atoms with Gasteiger partial charge in [0.2, 0.25) is 0 Å². The second kappa shape index (κ2) is 9.93. The monoisotopic (exact) mass is 439 g/mol. The van der Waals surface area contributed by atoms with Gasteiger partial charge < -0.3 is 25.2 Å². The van der Waals surface area contributed by atoms with Crippen LogP contribution in [0.15, 0.2) is 48.7 Å². The van der Waals surface area contributed by atoms with E-state index in [1.54, 1.807) is 24.4 Å². The maximum atomic E-state index is 14.0. The summed E-state index contributed by atoms with van der Waals surface area (Å²) in [6.45, 7) is 1.10. The smallest absolute Gasteiger partial charge is 0.251 e. The van der Waals surface area contributed by atoms with Crippen molar-refractivity contribution in [2.24, 2.45) is 0 Å². The van der Waals surface area contributed by atoms with Crippen molar-refractivity contribution in [3.8, 4) is 5.75 Å². The number of aliphatic hydroxyl groups is 1. The number of hydrogen-bond donors (Lipinski definition) is 3. The predicted molar refractivity (Wildman–Crippen MR) is 119 cm³/mol. The van der Waals surface area contributed by atoms with Gasteiger partial charge in [-0.15, -0.1) is 0 Å². The average molecular weight is 439 g/mol. The van der Waals surface area contributed by atoms with Crippen molar-refractivity contribution in [1.82, 2.24) is 10.3 Å².